The second-order valence-electron chi connectivity index (χ2n) is 7.59. The molecular formula is C20H22N6O3. The summed E-state index contributed by atoms with van der Waals surface area (Å²) >= 11 is 0. The molecule has 0 unspecified atom stereocenters. The molecule has 9 nitrogen and oxygen atoms in total. The van der Waals surface area contributed by atoms with E-state index in [4.69, 9.17) is 0 Å². The molecule has 3 N–H and O–H groups in total. The van der Waals surface area contributed by atoms with Crippen LogP contribution in [0.3, 0.4) is 0 Å². The molecule has 29 heavy (non-hydrogen) atoms. The van der Waals surface area contributed by atoms with Crippen LogP contribution in [0.4, 0.5) is 5.69 Å². The van der Waals surface area contributed by atoms with Gasteiger partial charge in [0.1, 0.15) is 17.1 Å². The highest BCUT2D eigenvalue weighted by Gasteiger charge is 2.36. The quantitative estimate of drug-likeness (QED) is 0.683. The maximum Gasteiger partial charge on any atom is 0.278 e. The highest BCUT2D eigenvalue weighted by Crippen LogP contribution is 2.31. The zero-order valence-electron chi connectivity index (χ0n) is 16.4. The van der Waals surface area contributed by atoms with Gasteiger partial charge < -0.3 is 4.98 Å². The first-order valence-electron chi connectivity index (χ1n) is 9.10. The Morgan fingerprint density at radius 1 is 1.14 bits per heavy atom. The zero-order chi connectivity index (χ0) is 21.0. The van der Waals surface area contributed by atoms with Crippen LogP contribution in [0, 0.1) is 12.3 Å². The Labute approximate surface area is 167 Å². The second kappa shape index (κ2) is 8.17. The van der Waals surface area contributed by atoms with E-state index >= 15 is 0 Å². The number of hydrazone groups is 2. The Bertz CT molecular complexity index is 1050. The number of aryl methyl sites for hydroxylation is 1. The van der Waals surface area contributed by atoms with E-state index < -0.39 is 11.5 Å². The summed E-state index contributed by atoms with van der Waals surface area (Å²) in [6.45, 7) is 5.50. The number of hydrogen-bond donors (Lipinski definition) is 3. The van der Waals surface area contributed by atoms with Crippen LogP contribution < -0.4 is 16.4 Å². The zero-order valence-corrected chi connectivity index (χ0v) is 16.4. The molecule has 1 amide bonds. The molecule has 0 bridgehead atoms. The Morgan fingerprint density at radius 2 is 1.86 bits per heavy atom. The van der Waals surface area contributed by atoms with Gasteiger partial charge in [0.15, 0.2) is 5.78 Å². The van der Waals surface area contributed by atoms with E-state index in [-0.39, 0.29) is 22.5 Å². The monoisotopic (exact) mass is 394 g/mol. The summed E-state index contributed by atoms with van der Waals surface area (Å²) in [7, 11) is 0. The lowest BCUT2D eigenvalue weighted by molar-refractivity contribution is -0.114. The summed E-state index contributed by atoms with van der Waals surface area (Å²) in [5.41, 5.74) is 5.36. The van der Waals surface area contributed by atoms with Gasteiger partial charge in [-0.05, 0) is 30.9 Å². The summed E-state index contributed by atoms with van der Waals surface area (Å²) in [6, 6.07) is 9.19. The van der Waals surface area contributed by atoms with Crippen LogP contribution >= 0.6 is 0 Å². The number of rotatable bonds is 4. The fourth-order valence-corrected chi connectivity index (χ4v) is 2.96. The summed E-state index contributed by atoms with van der Waals surface area (Å²) < 4.78 is 0. The minimum atomic E-state index is -0.711. The molecule has 0 aliphatic heterocycles. The van der Waals surface area contributed by atoms with Crippen molar-refractivity contribution >= 4 is 28.8 Å². The lowest BCUT2D eigenvalue weighted by atomic mass is 9.75. The molecule has 1 aliphatic carbocycles. The SMILES string of the molecule is Cc1ncc(C(=O)N/N=C2\CC(C)(C)CC(=O)\C2=N/Nc2ccccc2)c(=O)[nH]1. The normalized spacial score (nSPS) is 18.7. The van der Waals surface area contributed by atoms with E-state index in [9.17, 15) is 14.4 Å². The molecule has 1 saturated carbocycles. The fraction of sp³-hybridized carbons (Fsp3) is 0.300. The average molecular weight is 394 g/mol. The smallest absolute Gasteiger partial charge is 0.278 e. The van der Waals surface area contributed by atoms with E-state index in [0.29, 0.717) is 24.4 Å². The predicted octanol–water partition coefficient (Wildman–Crippen LogP) is 2.02. The highest BCUT2D eigenvalue weighted by atomic mass is 16.2. The largest absolute Gasteiger partial charge is 0.310 e. The maximum absolute atomic E-state index is 12.6. The molecule has 1 aromatic carbocycles. The van der Waals surface area contributed by atoms with Gasteiger partial charge in [0, 0.05) is 12.6 Å². The Balaban J connectivity index is 1.86. The van der Waals surface area contributed by atoms with Gasteiger partial charge in [-0.15, -0.1) is 0 Å². The summed E-state index contributed by atoms with van der Waals surface area (Å²) in [4.78, 5) is 43.2. The molecule has 3 rings (SSSR count). The molecule has 0 atom stereocenters. The van der Waals surface area contributed by atoms with Gasteiger partial charge >= 0.3 is 0 Å². The van der Waals surface area contributed by atoms with Crippen LogP contribution in [0.15, 0.2) is 51.5 Å². The highest BCUT2D eigenvalue weighted by molar-refractivity contribution is 6.68. The summed E-state index contributed by atoms with van der Waals surface area (Å²) in [5.74, 6) is -0.483. The van der Waals surface area contributed by atoms with Crippen molar-refractivity contribution in [3.8, 4) is 0 Å². The van der Waals surface area contributed by atoms with Crippen LogP contribution in [0.25, 0.3) is 0 Å². The van der Waals surface area contributed by atoms with Crippen molar-refractivity contribution in [1.29, 1.82) is 0 Å². The van der Waals surface area contributed by atoms with Crippen molar-refractivity contribution < 1.29 is 9.59 Å². The van der Waals surface area contributed by atoms with Crippen LogP contribution in [-0.2, 0) is 4.79 Å². The van der Waals surface area contributed by atoms with Crippen LogP contribution in [0.1, 0.15) is 42.9 Å². The first-order chi connectivity index (χ1) is 13.7. The van der Waals surface area contributed by atoms with Crippen molar-refractivity contribution in [1.82, 2.24) is 15.4 Å². The molecule has 0 saturated heterocycles. The topological polar surface area (TPSA) is 129 Å². The maximum atomic E-state index is 12.6. The predicted molar refractivity (Wildman–Crippen MR) is 110 cm³/mol. The van der Waals surface area contributed by atoms with Gasteiger partial charge in [-0.25, -0.2) is 10.4 Å². The van der Waals surface area contributed by atoms with Crippen molar-refractivity contribution in [2.45, 2.75) is 33.6 Å². The van der Waals surface area contributed by atoms with E-state index in [0.717, 1.165) is 5.69 Å². The number of hydrogen-bond acceptors (Lipinski definition) is 7. The Hall–Kier alpha value is -3.62. The molecule has 0 radical (unpaired) electrons. The average Bonchev–Trinajstić information content (AvgIpc) is 2.65. The minimum absolute atomic E-state index is 0.157. The number of anilines is 1. The number of amides is 1. The number of nitrogens with one attached hydrogen (secondary N) is 3. The lowest BCUT2D eigenvalue weighted by Gasteiger charge is -2.29. The van der Waals surface area contributed by atoms with Crippen LogP contribution in [0.5, 0.6) is 0 Å². The number of para-hydroxylation sites is 1. The lowest BCUT2D eigenvalue weighted by Crippen LogP contribution is -2.40. The van der Waals surface area contributed by atoms with Crippen molar-refractivity contribution in [3.63, 3.8) is 0 Å². The van der Waals surface area contributed by atoms with Gasteiger partial charge in [-0.1, -0.05) is 32.0 Å². The first kappa shape index (κ1) is 20.1. The van der Waals surface area contributed by atoms with Gasteiger partial charge in [-0.2, -0.15) is 10.2 Å². The number of aromatic amines is 1. The minimum Gasteiger partial charge on any atom is -0.310 e. The number of ketones is 1. The molecule has 9 heteroatoms. The first-order valence-corrected chi connectivity index (χ1v) is 9.10. The third kappa shape index (κ3) is 5.01. The van der Waals surface area contributed by atoms with E-state index in [2.05, 4.69) is 31.0 Å². The fourth-order valence-electron chi connectivity index (χ4n) is 2.96. The number of carbonyl (C=O) groups excluding carboxylic acids is 2. The molecule has 150 valence electrons. The van der Waals surface area contributed by atoms with E-state index in [1.165, 1.54) is 6.20 Å². The number of aromatic nitrogens is 2. The third-order valence-electron chi connectivity index (χ3n) is 4.36. The summed E-state index contributed by atoms with van der Waals surface area (Å²) in [6.07, 6.45) is 1.94. The number of nitrogens with zero attached hydrogens (tertiary/aromatic N) is 3. The van der Waals surface area contributed by atoms with Crippen molar-refractivity contribution in [3.05, 3.63) is 58.3 Å². The van der Waals surface area contributed by atoms with Crippen LogP contribution in [0.2, 0.25) is 0 Å². The van der Waals surface area contributed by atoms with Crippen LogP contribution in [-0.4, -0.2) is 33.1 Å². The molecular weight excluding hydrogens is 372 g/mol. The number of carbonyl (C=O) groups is 2. The van der Waals surface area contributed by atoms with Gasteiger partial charge in [-0.3, -0.25) is 19.8 Å². The Kier molecular flexibility index (Phi) is 5.67. The number of Topliss-reactive ketones (excluding diaryl/α,β-unsaturated/α-hetero) is 1. The molecule has 2 aromatic rings. The van der Waals surface area contributed by atoms with E-state index in [1.54, 1.807) is 6.92 Å². The van der Waals surface area contributed by atoms with Crippen molar-refractivity contribution in [2.24, 2.45) is 15.6 Å². The van der Waals surface area contributed by atoms with E-state index in [1.807, 2.05) is 44.2 Å². The molecule has 1 aliphatic rings. The molecule has 1 fully saturated rings. The Morgan fingerprint density at radius 3 is 2.55 bits per heavy atom. The summed E-state index contributed by atoms with van der Waals surface area (Å²) in [5, 5.41) is 8.32. The molecule has 1 aromatic heterocycles. The molecule has 1 heterocycles. The van der Waals surface area contributed by atoms with Crippen molar-refractivity contribution in [2.75, 3.05) is 5.43 Å². The standard InChI is InChI=1S/C20H22N6O3/c1-12-21-11-14(18(28)22-12)19(29)26-24-15-9-20(2,3)10-16(27)17(15)25-23-13-7-5-4-6-8-13/h4-8,11,23H,9-10H2,1-3H3,(H,26,29)(H,21,22,28)/b24-15+,25-17-. The van der Waals surface area contributed by atoms with Gasteiger partial charge in [0.05, 0.1) is 11.4 Å². The van der Waals surface area contributed by atoms with Gasteiger partial charge in [0.25, 0.3) is 11.5 Å². The molecule has 0 spiro atoms. The van der Waals surface area contributed by atoms with Gasteiger partial charge in [0.2, 0.25) is 0 Å². The number of benzene rings is 1. The second-order valence-corrected chi connectivity index (χ2v) is 7.59. The third-order valence-corrected chi connectivity index (χ3v) is 4.36. The number of H-pyrrole nitrogens is 1.